The molecule has 0 bridgehead atoms. The number of imide groups is 2. The van der Waals surface area contributed by atoms with Crippen LogP contribution in [0.5, 0.6) is 0 Å². The number of amides is 6. The molecule has 9 rings (SSSR count). The van der Waals surface area contributed by atoms with Crippen LogP contribution in [0.2, 0.25) is 0 Å². The fourth-order valence-electron chi connectivity index (χ4n) is 9.23. The molecule has 0 radical (unpaired) electrons. The third-order valence-corrected chi connectivity index (χ3v) is 11.8. The second-order valence-electron chi connectivity index (χ2n) is 15.6. The molecule has 1 unspecified atom stereocenters. The van der Waals surface area contributed by atoms with Crippen LogP contribution in [0.15, 0.2) is 54.7 Å². The topological polar surface area (TPSA) is 193 Å². The number of benzene rings is 2. The molecule has 6 amide bonds. The zero-order chi connectivity index (χ0) is 38.0. The molecule has 2 aromatic heterocycles. The number of fused-ring (bicyclic) bond motifs is 2. The molecule has 5 aliphatic rings. The van der Waals surface area contributed by atoms with Gasteiger partial charge in [0.15, 0.2) is 6.29 Å². The van der Waals surface area contributed by atoms with Crippen molar-refractivity contribution in [2.45, 2.75) is 69.9 Å². The molecule has 15 nitrogen and oxygen atoms in total. The maximum atomic E-state index is 13.3. The van der Waals surface area contributed by atoms with Crippen molar-refractivity contribution >= 4 is 70.1 Å². The number of aromatic nitrogens is 3. The molecule has 2 aliphatic carbocycles. The van der Waals surface area contributed by atoms with Gasteiger partial charge in [-0.2, -0.15) is 4.98 Å². The average Bonchev–Trinajstić information content (AvgIpc) is 3.86. The summed E-state index contributed by atoms with van der Waals surface area (Å²) in [6.07, 6.45) is 8.96. The molecule has 55 heavy (non-hydrogen) atoms. The molecular formula is C40H38N8O7. The molecule has 4 aromatic rings. The first kappa shape index (κ1) is 34.5. The van der Waals surface area contributed by atoms with Gasteiger partial charge in [0.2, 0.25) is 23.7 Å². The molecule has 15 heteroatoms. The summed E-state index contributed by atoms with van der Waals surface area (Å²) < 4.78 is 2.04. The summed E-state index contributed by atoms with van der Waals surface area (Å²) in [5.41, 5.74) is 3.30. The zero-order valence-corrected chi connectivity index (χ0v) is 29.9. The van der Waals surface area contributed by atoms with Crippen LogP contribution >= 0.6 is 0 Å². The quantitative estimate of drug-likeness (QED) is 0.164. The minimum atomic E-state index is -1.06. The van der Waals surface area contributed by atoms with Crippen molar-refractivity contribution < 1.29 is 33.6 Å². The zero-order valence-electron chi connectivity index (χ0n) is 29.9. The fourth-order valence-corrected chi connectivity index (χ4v) is 9.23. The molecular weight excluding hydrogens is 704 g/mol. The van der Waals surface area contributed by atoms with Gasteiger partial charge in [-0.05, 0) is 86.6 Å². The Labute approximate surface area is 314 Å². The third-order valence-electron chi connectivity index (χ3n) is 11.8. The van der Waals surface area contributed by atoms with Gasteiger partial charge in [0.25, 0.3) is 17.7 Å². The average molecular weight is 743 g/mol. The Kier molecular flexibility index (Phi) is 8.31. The van der Waals surface area contributed by atoms with Crippen molar-refractivity contribution in [3.05, 3.63) is 77.1 Å². The number of carbonyl (C=O) groups excluding carboxylic acids is 7. The van der Waals surface area contributed by atoms with Crippen LogP contribution in [0.1, 0.15) is 105 Å². The van der Waals surface area contributed by atoms with E-state index < -0.39 is 29.7 Å². The number of likely N-dealkylation sites (tertiary alicyclic amines) is 1. The molecule has 280 valence electrons. The van der Waals surface area contributed by atoms with E-state index in [1.54, 1.807) is 24.4 Å². The summed E-state index contributed by atoms with van der Waals surface area (Å²) in [6, 6.07) is 12.7. The smallest absolute Gasteiger partial charge is 0.262 e. The molecule has 1 atom stereocenters. The van der Waals surface area contributed by atoms with E-state index in [1.165, 1.54) is 12.1 Å². The van der Waals surface area contributed by atoms with E-state index in [9.17, 15) is 33.6 Å². The number of piperidine rings is 1. The Bertz CT molecular complexity index is 2310. The first-order valence-electron chi connectivity index (χ1n) is 18.7. The Balaban J connectivity index is 0.754. The normalized spacial score (nSPS) is 20.7. The van der Waals surface area contributed by atoms with E-state index in [4.69, 9.17) is 4.98 Å². The van der Waals surface area contributed by atoms with Crippen LogP contribution in [0.25, 0.3) is 11.0 Å². The van der Waals surface area contributed by atoms with Crippen molar-refractivity contribution in [3.8, 4) is 0 Å². The number of rotatable bonds is 9. The van der Waals surface area contributed by atoms with Crippen LogP contribution in [0.4, 0.5) is 17.3 Å². The van der Waals surface area contributed by atoms with Gasteiger partial charge in [-0.25, -0.2) is 4.98 Å². The number of aldehydes is 1. The lowest BCUT2D eigenvalue weighted by Crippen LogP contribution is -2.63. The lowest BCUT2D eigenvalue weighted by molar-refractivity contribution is -0.136. The standard InChI is InChI=1S/C40H38N8O7/c49-19-28-14-24-18-41-39(45-34(24)47(28)27-3-1-2-4-27)43-25-7-5-23(6-8-25)36(53)46-20-40(21-46)16-22(17-40)13-33(51)42-26-9-10-29-30(15-26)38(55)48(37(29)54)31-11-12-32(50)44-35(31)52/h5-10,14-15,18-19,22,27,31H,1-4,11-13,16-17,20-21H2,(H,42,51)(H,41,43,45)(H,44,50,52). The van der Waals surface area contributed by atoms with Gasteiger partial charge in [-0.1, -0.05) is 12.8 Å². The molecule has 4 fully saturated rings. The van der Waals surface area contributed by atoms with Crippen LogP contribution < -0.4 is 16.0 Å². The Morgan fingerprint density at radius 1 is 0.909 bits per heavy atom. The van der Waals surface area contributed by atoms with Crippen LogP contribution in [0, 0.1) is 11.3 Å². The summed E-state index contributed by atoms with van der Waals surface area (Å²) >= 11 is 0. The van der Waals surface area contributed by atoms with Gasteiger partial charge in [-0.3, -0.25) is 43.8 Å². The van der Waals surface area contributed by atoms with Gasteiger partial charge >= 0.3 is 0 Å². The highest BCUT2D eigenvalue weighted by molar-refractivity contribution is 6.24. The van der Waals surface area contributed by atoms with E-state index in [1.807, 2.05) is 27.7 Å². The molecule has 2 saturated heterocycles. The van der Waals surface area contributed by atoms with E-state index in [0.29, 0.717) is 36.0 Å². The molecule has 2 aromatic carbocycles. The molecule has 5 heterocycles. The van der Waals surface area contributed by atoms with Crippen molar-refractivity contribution in [3.63, 3.8) is 0 Å². The number of hydrogen-bond acceptors (Lipinski definition) is 10. The van der Waals surface area contributed by atoms with Gasteiger partial charge in [-0.15, -0.1) is 0 Å². The third kappa shape index (κ3) is 6.12. The second-order valence-corrected chi connectivity index (χ2v) is 15.6. The first-order valence-corrected chi connectivity index (χ1v) is 18.7. The Hall–Kier alpha value is -6.25. The summed E-state index contributed by atoms with van der Waals surface area (Å²) in [5, 5.41) is 9.07. The maximum absolute atomic E-state index is 13.3. The van der Waals surface area contributed by atoms with Crippen LogP contribution in [-0.2, 0) is 14.4 Å². The SMILES string of the molecule is O=Cc1cc2cnc(Nc3ccc(C(=O)N4CC5(CC(CC(=O)Nc6ccc7c(c6)C(=O)N(C6CCC(=O)NC6=O)C7=O)C5)C4)cc3)nc2n1C1CCCC1. The second kappa shape index (κ2) is 13.2. The Morgan fingerprint density at radius 2 is 1.64 bits per heavy atom. The lowest BCUT2D eigenvalue weighted by atomic mass is 9.57. The summed E-state index contributed by atoms with van der Waals surface area (Å²) in [5.74, 6) is -2.04. The summed E-state index contributed by atoms with van der Waals surface area (Å²) in [6.45, 7) is 1.26. The highest BCUT2D eigenvalue weighted by Gasteiger charge is 2.54. The van der Waals surface area contributed by atoms with Crippen molar-refractivity contribution in [2.24, 2.45) is 11.3 Å². The lowest BCUT2D eigenvalue weighted by Gasteiger charge is -2.59. The van der Waals surface area contributed by atoms with Gasteiger partial charge in [0, 0.05) is 65.9 Å². The predicted molar refractivity (Wildman–Crippen MR) is 198 cm³/mol. The molecule has 3 aliphatic heterocycles. The summed E-state index contributed by atoms with van der Waals surface area (Å²) in [7, 11) is 0. The van der Waals surface area contributed by atoms with Crippen molar-refractivity contribution in [1.82, 2.24) is 29.7 Å². The number of anilines is 3. The van der Waals surface area contributed by atoms with Crippen LogP contribution in [-0.4, -0.2) is 85.2 Å². The van der Waals surface area contributed by atoms with E-state index in [-0.39, 0.29) is 59.6 Å². The first-order chi connectivity index (χ1) is 26.6. The predicted octanol–water partition coefficient (Wildman–Crippen LogP) is 4.38. The minimum Gasteiger partial charge on any atom is -0.337 e. The summed E-state index contributed by atoms with van der Waals surface area (Å²) in [4.78, 5) is 99.9. The number of carbonyl (C=O) groups is 7. The Morgan fingerprint density at radius 3 is 2.36 bits per heavy atom. The highest BCUT2D eigenvalue weighted by atomic mass is 16.2. The van der Waals surface area contributed by atoms with Gasteiger partial charge in [0.05, 0.1) is 16.8 Å². The number of nitrogens with one attached hydrogen (secondary N) is 3. The van der Waals surface area contributed by atoms with Crippen molar-refractivity contribution in [1.29, 1.82) is 0 Å². The van der Waals surface area contributed by atoms with E-state index in [0.717, 1.165) is 66.4 Å². The minimum absolute atomic E-state index is 0.0117. The van der Waals surface area contributed by atoms with Gasteiger partial charge in [0.1, 0.15) is 11.7 Å². The molecule has 1 spiro atoms. The maximum Gasteiger partial charge on any atom is 0.262 e. The fraction of sp³-hybridized carbons (Fsp3) is 0.375. The van der Waals surface area contributed by atoms with Crippen LogP contribution in [0.3, 0.4) is 0 Å². The van der Waals surface area contributed by atoms with E-state index in [2.05, 4.69) is 20.9 Å². The van der Waals surface area contributed by atoms with E-state index >= 15 is 0 Å². The van der Waals surface area contributed by atoms with Gasteiger partial charge < -0.3 is 20.1 Å². The molecule has 3 N–H and O–H groups in total. The molecule has 2 saturated carbocycles. The van der Waals surface area contributed by atoms with Crippen molar-refractivity contribution in [2.75, 3.05) is 23.7 Å². The number of nitrogens with zero attached hydrogens (tertiary/aromatic N) is 5. The number of hydrogen-bond donors (Lipinski definition) is 3. The largest absolute Gasteiger partial charge is 0.337 e. The highest BCUT2D eigenvalue weighted by Crippen LogP contribution is 2.53. The monoisotopic (exact) mass is 742 g/mol.